The van der Waals surface area contributed by atoms with Gasteiger partial charge in [0.15, 0.2) is 0 Å². The molecule has 0 saturated carbocycles. The second kappa shape index (κ2) is 6.07. The fraction of sp³-hybridized carbons (Fsp3) is 0.143. The van der Waals surface area contributed by atoms with Crippen molar-refractivity contribution >= 4 is 21.8 Å². The molecule has 0 saturated heterocycles. The molecular formula is C28H24N2. The van der Waals surface area contributed by atoms with Gasteiger partial charge in [-0.1, -0.05) is 80.6 Å². The summed E-state index contributed by atoms with van der Waals surface area (Å²) in [4.78, 5) is 0. The maximum absolute atomic E-state index is 5.85. The fourth-order valence-electron chi connectivity index (χ4n) is 5.36. The molecule has 0 spiro atoms. The van der Waals surface area contributed by atoms with Crippen LogP contribution < -0.4 is 5.73 Å². The number of aromatic nitrogens is 1. The number of hydrogen-bond donors (Lipinski definition) is 1. The van der Waals surface area contributed by atoms with Gasteiger partial charge in [-0.25, -0.2) is 0 Å². The number of rotatable bonds is 2. The van der Waals surface area contributed by atoms with Gasteiger partial charge in [-0.05, 0) is 46.0 Å². The molecule has 0 unspecified atom stereocenters. The summed E-state index contributed by atoms with van der Waals surface area (Å²) in [6, 6.07) is 30.9. The first-order valence-electron chi connectivity index (χ1n) is 10.6. The van der Waals surface area contributed by atoms with Crippen LogP contribution in [0.25, 0.3) is 38.6 Å². The van der Waals surface area contributed by atoms with Crippen LogP contribution in [0.1, 0.15) is 30.5 Å². The lowest BCUT2D eigenvalue weighted by Crippen LogP contribution is -2.16. The van der Waals surface area contributed by atoms with Crippen molar-refractivity contribution in [2.24, 2.45) is 5.73 Å². The van der Waals surface area contributed by atoms with Crippen molar-refractivity contribution in [2.45, 2.75) is 25.8 Å². The third-order valence-corrected chi connectivity index (χ3v) is 6.78. The summed E-state index contributed by atoms with van der Waals surface area (Å²) >= 11 is 0. The molecule has 4 aromatic carbocycles. The molecule has 2 N–H and O–H groups in total. The highest BCUT2D eigenvalue weighted by Gasteiger charge is 2.38. The van der Waals surface area contributed by atoms with Gasteiger partial charge in [0, 0.05) is 28.4 Å². The van der Waals surface area contributed by atoms with Crippen LogP contribution in [0.4, 0.5) is 0 Å². The average Bonchev–Trinajstić information content (AvgIpc) is 3.24. The lowest BCUT2D eigenvalue weighted by atomic mass is 9.81. The third kappa shape index (κ3) is 2.17. The molecule has 0 amide bonds. The number of nitrogens with two attached hydrogens (primary N) is 1. The maximum atomic E-state index is 5.85. The van der Waals surface area contributed by atoms with Gasteiger partial charge in [0.05, 0.1) is 11.0 Å². The molecule has 1 aromatic heterocycles. The van der Waals surface area contributed by atoms with Gasteiger partial charge in [-0.15, -0.1) is 0 Å². The number of para-hydroxylation sites is 1. The SMILES string of the molecule is CC1(C)c2ccccc2-c2ccc3c4ccccc4n(-c4ccc(CN)cc4)c3c21. The monoisotopic (exact) mass is 388 g/mol. The molecule has 1 aliphatic rings. The molecule has 0 bridgehead atoms. The van der Waals surface area contributed by atoms with E-state index >= 15 is 0 Å². The zero-order valence-corrected chi connectivity index (χ0v) is 17.3. The summed E-state index contributed by atoms with van der Waals surface area (Å²) in [6.45, 7) is 5.28. The Bertz CT molecular complexity index is 1440. The van der Waals surface area contributed by atoms with Gasteiger partial charge in [0.25, 0.3) is 0 Å². The highest BCUT2D eigenvalue weighted by molar-refractivity contribution is 6.13. The average molecular weight is 389 g/mol. The van der Waals surface area contributed by atoms with E-state index in [-0.39, 0.29) is 5.41 Å². The molecule has 6 rings (SSSR count). The minimum Gasteiger partial charge on any atom is -0.326 e. The summed E-state index contributed by atoms with van der Waals surface area (Å²) in [7, 11) is 0. The zero-order chi connectivity index (χ0) is 20.5. The van der Waals surface area contributed by atoms with Crippen LogP contribution in [0.2, 0.25) is 0 Å². The topological polar surface area (TPSA) is 30.9 Å². The summed E-state index contributed by atoms with van der Waals surface area (Å²) in [5.74, 6) is 0. The Morgan fingerprint density at radius 2 is 1.47 bits per heavy atom. The van der Waals surface area contributed by atoms with E-state index in [0.717, 1.165) is 5.56 Å². The van der Waals surface area contributed by atoms with E-state index in [1.54, 1.807) is 0 Å². The number of nitrogens with zero attached hydrogens (tertiary/aromatic N) is 1. The van der Waals surface area contributed by atoms with Crippen molar-refractivity contribution in [3.05, 3.63) is 102 Å². The van der Waals surface area contributed by atoms with Gasteiger partial charge < -0.3 is 10.3 Å². The molecule has 0 radical (unpaired) electrons. The van der Waals surface area contributed by atoms with Crippen LogP contribution in [0.15, 0.2) is 84.9 Å². The van der Waals surface area contributed by atoms with Crippen molar-refractivity contribution in [1.29, 1.82) is 0 Å². The lowest BCUT2D eigenvalue weighted by molar-refractivity contribution is 0.664. The molecular weight excluding hydrogens is 364 g/mol. The second-order valence-corrected chi connectivity index (χ2v) is 8.78. The van der Waals surface area contributed by atoms with Gasteiger partial charge in [-0.3, -0.25) is 0 Å². The van der Waals surface area contributed by atoms with E-state index in [4.69, 9.17) is 5.73 Å². The van der Waals surface area contributed by atoms with Crippen LogP contribution >= 0.6 is 0 Å². The summed E-state index contributed by atoms with van der Waals surface area (Å²) in [5.41, 5.74) is 16.2. The number of fused-ring (bicyclic) bond motifs is 7. The quantitative estimate of drug-likeness (QED) is 0.365. The largest absolute Gasteiger partial charge is 0.326 e. The van der Waals surface area contributed by atoms with Crippen LogP contribution in [0.3, 0.4) is 0 Å². The van der Waals surface area contributed by atoms with E-state index < -0.39 is 0 Å². The Morgan fingerprint density at radius 1 is 0.733 bits per heavy atom. The molecule has 30 heavy (non-hydrogen) atoms. The zero-order valence-electron chi connectivity index (χ0n) is 17.3. The summed E-state index contributed by atoms with van der Waals surface area (Å²) < 4.78 is 2.44. The van der Waals surface area contributed by atoms with Crippen LogP contribution in [0, 0.1) is 0 Å². The molecule has 5 aromatic rings. The molecule has 0 atom stereocenters. The predicted molar refractivity (Wildman–Crippen MR) is 126 cm³/mol. The summed E-state index contributed by atoms with van der Waals surface area (Å²) in [5, 5.41) is 2.61. The second-order valence-electron chi connectivity index (χ2n) is 8.78. The Kier molecular flexibility index (Phi) is 3.54. The standard InChI is InChI=1S/C28H24N2/c1-28(2)24-9-5-3-7-20(24)22-15-16-23-21-8-4-6-10-25(21)30(27(23)26(22)28)19-13-11-18(17-29)12-14-19/h3-16H,17,29H2,1-2H3. The predicted octanol–water partition coefficient (Wildman–Crippen LogP) is 6.55. The smallest absolute Gasteiger partial charge is 0.0588 e. The fourth-order valence-corrected chi connectivity index (χ4v) is 5.36. The van der Waals surface area contributed by atoms with Crippen molar-refractivity contribution in [2.75, 3.05) is 0 Å². The highest BCUT2D eigenvalue weighted by Crippen LogP contribution is 2.52. The normalized spacial score (nSPS) is 14.2. The summed E-state index contributed by atoms with van der Waals surface area (Å²) in [6.07, 6.45) is 0. The molecule has 0 aliphatic heterocycles. The van der Waals surface area contributed by atoms with E-state index in [9.17, 15) is 0 Å². The molecule has 2 heteroatoms. The van der Waals surface area contributed by atoms with Gasteiger partial charge in [-0.2, -0.15) is 0 Å². The van der Waals surface area contributed by atoms with E-state index in [2.05, 4.69) is 103 Å². The Balaban J connectivity index is 1.80. The minimum absolute atomic E-state index is 0.0608. The van der Waals surface area contributed by atoms with Gasteiger partial charge >= 0.3 is 0 Å². The first-order valence-corrected chi connectivity index (χ1v) is 10.6. The van der Waals surface area contributed by atoms with Crippen LogP contribution in [0.5, 0.6) is 0 Å². The van der Waals surface area contributed by atoms with Gasteiger partial charge in [0.1, 0.15) is 0 Å². The molecule has 0 fully saturated rings. The number of benzene rings is 4. The molecule has 1 heterocycles. The first-order chi connectivity index (χ1) is 14.6. The Hall–Kier alpha value is -3.36. The van der Waals surface area contributed by atoms with E-state index in [0.29, 0.717) is 6.54 Å². The Labute approximate surface area is 176 Å². The highest BCUT2D eigenvalue weighted by atomic mass is 15.0. The molecule has 146 valence electrons. The Morgan fingerprint density at radius 3 is 2.27 bits per heavy atom. The van der Waals surface area contributed by atoms with E-state index in [1.165, 1.54) is 49.7 Å². The minimum atomic E-state index is -0.0608. The van der Waals surface area contributed by atoms with Crippen molar-refractivity contribution in [1.82, 2.24) is 4.57 Å². The van der Waals surface area contributed by atoms with E-state index in [1.807, 2.05) is 0 Å². The van der Waals surface area contributed by atoms with Crippen LogP contribution in [-0.4, -0.2) is 4.57 Å². The maximum Gasteiger partial charge on any atom is 0.0588 e. The lowest BCUT2D eigenvalue weighted by Gasteiger charge is -2.23. The number of hydrogen-bond acceptors (Lipinski definition) is 1. The third-order valence-electron chi connectivity index (χ3n) is 6.78. The van der Waals surface area contributed by atoms with Crippen molar-refractivity contribution in [3.8, 4) is 16.8 Å². The first kappa shape index (κ1) is 17.5. The molecule has 1 aliphatic carbocycles. The van der Waals surface area contributed by atoms with Crippen molar-refractivity contribution in [3.63, 3.8) is 0 Å². The molecule has 2 nitrogen and oxygen atoms in total. The van der Waals surface area contributed by atoms with Gasteiger partial charge in [0.2, 0.25) is 0 Å². The van der Waals surface area contributed by atoms with Crippen LogP contribution in [-0.2, 0) is 12.0 Å². The van der Waals surface area contributed by atoms with Crippen molar-refractivity contribution < 1.29 is 0 Å².